The number of ether oxygens (including phenoxy) is 1. The molecule has 1 atom stereocenters. The fraction of sp³-hybridized carbons (Fsp3) is 0.400. The van der Waals surface area contributed by atoms with E-state index in [9.17, 15) is 9.59 Å². The average molecular weight is 357 g/mol. The van der Waals surface area contributed by atoms with Crippen molar-refractivity contribution in [3.8, 4) is 5.75 Å². The van der Waals surface area contributed by atoms with E-state index in [1.54, 1.807) is 25.4 Å². The maximum absolute atomic E-state index is 12.3. The monoisotopic (exact) mass is 357 g/mol. The quantitative estimate of drug-likeness (QED) is 0.746. The van der Waals surface area contributed by atoms with Crippen LogP contribution in [0.1, 0.15) is 25.5 Å². The lowest BCUT2D eigenvalue weighted by atomic mass is 10.0. The molecule has 0 aliphatic heterocycles. The standard InChI is InChI=1S/C20H27N3O3/c1-4-22(5-2)18(16-9-8-10-17(13-16)26-3)14-21-19(24)15-23-12-7-6-11-20(23)25/h6-13,18H,4-5,14-15H2,1-3H3,(H,21,24)/t18-/m1/s1. The van der Waals surface area contributed by atoms with E-state index in [2.05, 4.69) is 24.1 Å². The summed E-state index contributed by atoms with van der Waals surface area (Å²) in [6.07, 6.45) is 1.62. The van der Waals surface area contributed by atoms with E-state index in [1.165, 1.54) is 10.6 Å². The molecule has 0 unspecified atom stereocenters. The van der Waals surface area contributed by atoms with Gasteiger partial charge >= 0.3 is 0 Å². The molecule has 0 aliphatic rings. The van der Waals surface area contributed by atoms with Crippen LogP contribution in [0.5, 0.6) is 5.75 Å². The van der Waals surface area contributed by atoms with Crippen molar-refractivity contribution in [1.82, 2.24) is 14.8 Å². The molecular formula is C20H27N3O3. The number of rotatable bonds is 9. The number of carbonyl (C=O) groups excluding carboxylic acids is 1. The molecule has 1 amide bonds. The number of nitrogens with one attached hydrogen (secondary N) is 1. The summed E-state index contributed by atoms with van der Waals surface area (Å²) in [5, 5.41) is 2.96. The van der Waals surface area contributed by atoms with E-state index in [0.717, 1.165) is 24.4 Å². The molecule has 1 N–H and O–H groups in total. The molecule has 0 saturated carbocycles. The Morgan fingerprint density at radius 1 is 1.19 bits per heavy atom. The first-order chi connectivity index (χ1) is 12.6. The lowest BCUT2D eigenvalue weighted by Gasteiger charge is -2.30. The average Bonchev–Trinajstić information content (AvgIpc) is 2.67. The molecule has 1 heterocycles. The van der Waals surface area contributed by atoms with Crippen LogP contribution in [0.2, 0.25) is 0 Å². The molecule has 0 bridgehead atoms. The number of nitrogens with zero attached hydrogens (tertiary/aromatic N) is 2. The smallest absolute Gasteiger partial charge is 0.250 e. The Morgan fingerprint density at radius 2 is 1.96 bits per heavy atom. The minimum absolute atomic E-state index is 0.0166. The van der Waals surface area contributed by atoms with Crippen molar-refractivity contribution < 1.29 is 9.53 Å². The van der Waals surface area contributed by atoms with E-state index in [-0.39, 0.29) is 24.1 Å². The second-order valence-corrected chi connectivity index (χ2v) is 5.98. The zero-order valence-corrected chi connectivity index (χ0v) is 15.6. The van der Waals surface area contributed by atoms with Gasteiger partial charge in [-0.15, -0.1) is 0 Å². The van der Waals surface area contributed by atoms with E-state index < -0.39 is 0 Å². The van der Waals surface area contributed by atoms with Gasteiger partial charge in [-0.3, -0.25) is 14.5 Å². The highest BCUT2D eigenvalue weighted by Gasteiger charge is 2.19. The molecule has 6 heteroatoms. The lowest BCUT2D eigenvalue weighted by Crippen LogP contribution is -2.40. The zero-order chi connectivity index (χ0) is 18.9. The van der Waals surface area contributed by atoms with Crippen LogP contribution >= 0.6 is 0 Å². The highest BCUT2D eigenvalue weighted by Crippen LogP contribution is 2.23. The van der Waals surface area contributed by atoms with Crippen molar-refractivity contribution in [2.24, 2.45) is 0 Å². The first kappa shape index (κ1) is 19.7. The van der Waals surface area contributed by atoms with Gasteiger partial charge in [0.15, 0.2) is 0 Å². The SMILES string of the molecule is CCN(CC)[C@H](CNC(=O)Cn1ccccc1=O)c1cccc(OC)c1. The van der Waals surface area contributed by atoms with Gasteiger partial charge in [0.2, 0.25) is 5.91 Å². The van der Waals surface area contributed by atoms with E-state index >= 15 is 0 Å². The molecule has 0 radical (unpaired) electrons. The van der Waals surface area contributed by atoms with Gasteiger partial charge in [-0.05, 0) is 36.9 Å². The summed E-state index contributed by atoms with van der Waals surface area (Å²) < 4.78 is 6.72. The maximum Gasteiger partial charge on any atom is 0.250 e. The third kappa shape index (κ3) is 5.20. The number of hydrogen-bond acceptors (Lipinski definition) is 4. The molecule has 6 nitrogen and oxygen atoms in total. The number of likely N-dealkylation sites (N-methyl/N-ethyl adjacent to an activating group) is 1. The van der Waals surface area contributed by atoms with Crippen molar-refractivity contribution >= 4 is 5.91 Å². The number of hydrogen-bond donors (Lipinski definition) is 1. The Bertz CT molecular complexity index is 769. The molecule has 26 heavy (non-hydrogen) atoms. The van der Waals surface area contributed by atoms with E-state index in [4.69, 9.17) is 4.74 Å². The van der Waals surface area contributed by atoms with Gasteiger partial charge in [-0.2, -0.15) is 0 Å². The molecule has 2 aromatic rings. The normalized spacial score (nSPS) is 12.0. The predicted octanol–water partition coefficient (Wildman–Crippen LogP) is 2.06. The summed E-state index contributed by atoms with van der Waals surface area (Å²) in [6.45, 7) is 6.42. The summed E-state index contributed by atoms with van der Waals surface area (Å²) in [5.74, 6) is 0.611. The maximum atomic E-state index is 12.3. The second-order valence-electron chi connectivity index (χ2n) is 5.98. The molecule has 0 aliphatic carbocycles. The van der Waals surface area contributed by atoms with Gasteiger partial charge in [0.1, 0.15) is 12.3 Å². The van der Waals surface area contributed by atoms with E-state index in [1.807, 2.05) is 24.3 Å². The number of carbonyl (C=O) groups is 1. The predicted molar refractivity (Wildman–Crippen MR) is 102 cm³/mol. The topological polar surface area (TPSA) is 63.6 Å². The Morgan fingerprint density at radius 3 is 2.62 bits per heavy atom. The first-order valence-corrected chi connectivity index (χ1v) is 8.89. The minimum atomic E-state index is -0.185. The summed E-state index contributed by atoms with van der Waals surface area (Å²) in [5.41, 5.74) is 0.904. The molecule has 0 saturated heterocycles. The number of amides is 1. The molecule has 0 spiro atoms. The number of aromatic nitrogens is 1. The van der Waals surface area contributed by atoms with E-state index in [0.29, 0.717) is 6.54 Å². The van der Waals surface area contributed by atoms with Crippen LogP contribution < -0.4 is 15.6 Å². The van der Waals surface area contributed by atoms with Gasteiger partial charge in [0, 0.05) is 18.8 Å². The van der Waals surface area contributed by atoms with Crippen LogP contribution in [0.15, 0.2) is 53.5 Å². The molecule has 2 rings (SSSR count). The minimum Gasteiger partial charge on any atom is -0.497 e. The Kier molecular flexibility index (Phi) is 7.41. The van der Waals surface area contributed by atoms with Crippen LogP contribution in [-0.2, 0) is 11.3 Å². The van der Waals surface area contributed by atoms with Gasteiger partial charge in [-0.25, -0.2) is 0 Å². The fourth-order valence-electron chi connectivity index (χ4n) is 2.98. The van der Waals surface area contributed by atoms with Crippen LogP contribution in [0.25, 0.3) is 0 Å². The number of pyridine rings is 1. The van der Waals surface area contributed by atoms with Crippen molar-refractivity contribution in [1.29, 1.82) is 0 Å². The van der Waals surface area contributed by atoms with Crippen LogP contribution in [-0.4, -0.2) is 42.1 Å². The molecule has 1 aromatic carbocycles. The molecule has 140 valence electrons. The largest absolute Gasteiger partial charge is 0.497 e. The molecule has 1 aromatic heterocycles. The first-order valence-electron chi connectivity index (χ1n) is 8.89. The molecule has 0 fully saturated rings. The van der Waals surface area contributed by atoms with Crippen molar-refractivity contribution in [2.75, 3.05) is 26.7 Å². The van der Waals surface area contributed by atoms with Crippen molar-refractivity contribution in [2.45, 2.75) is 26.4 Å². The second kappa shape index (κ2) is 9.77. The van der Waals surface area contributed by atoms with Crippen molar-refractivity contribution in [3.63, 3.8) is 0 Å². The summed E-state index contributed by atoms with van der Waals surface area (Å²) in [4.78, 5) is 26.3. The Hall–Kier alpha value is -2.60. The summed E-state index contributed by atoms with van der Waals surface area (Å²) in [6, 6.07) is 12.8. The fourth-order valence-corrected chi connectivity index (χ4v) is 2.98. The Balaban J connectivity index is 2.10. The zero-order valence-electron chi connectivity index (χ0n) is 15.6. The number of methoxy groups -OCH3 is 1. The molecular weight excluding hydrogens is 330 g/mol. The third-order valence-electron chi connectivity index (χ3n) is 4.44. The highest BCUT2D eigenvalue weighted by molar-refractivity contribution is 5.75. The van der Waals surface area contributed by atoms with Crippen LogP contribution in [0, 0.1) is 0 Å². The van der Waals surface area contributed by atoms with Crippen LogP contribution in [0.4, 0.5) is 0 Å². The number of benzene rings is 1. The van der Waals surface area contributed by atoms with Crippen LogP contribution in [0.3, 0.4) is 0 Å². The highest BCUT2D eigenvalue weighted by atomic mass is 16.5. The third-order valence-corrected chi connectivity index (χ3v) is 4.44. The summed E-state index contributed by atoms with van der Waals surface area (Å²) in [7, 11) is 1.64. The van der Waals surface area contributed by atoms with Gasteiger partial charge in [-0.1, -0.05) is 32.0 Å². The van der Waals surface area contributed by atoms with Crippen molar-refractivity contribution in [3.05, 3.63) is 64.6 Å². The summed E-state index contributed by atoms with van der Waals surface area (Å²) >= 11 is 0. The van der Waals surface area contributed by atoms with Gasteiger partial charge < -0.3 is 14.6 Å². The van der Waals surface area contributed by atoms with Gasteiger partial charge in [0.05, 0.1) is 13.2 Å². The Labute approximate surface area is 154 Å². The lowest BCUT2D eigenvalue weighted by molar-refractivity contribution is -0.122. The van der Waals surface area contributed by atoms with Gasteiger partial charge in [0.25, 0.3) is 5.56 Å².